The zero-order valence-corrected chi connectivity index (χ0v) is 63.7. The number of primary amides is 1. The Morgan fingerprint density at radius 2 is 0.796 bits per heavy atom. The zero-order valence-electron chi connectivity index (χ0n) is 63.7. The molecular weight excluding hydrogens is 1300 g/mol. The number of unbranched alkanes of at least 4 members (excludes halogenated alkanes) is 1. The number of esters is 1. The van der Waals surface area contributed by atoms with E-state index >= 15 is 0 Å². The van der Waals surface area contributed by atoms with Crippen LogP contribution in [0.3, 0.4) is 0 Å². The molecule has 0 aliphatic heterocycles. The molecule has 3 aromatic carbocycles. The van der Waals surface area contributed by atoms with Crippen molar-refractivity contribution in [3.05, 3.63) is 234 Å². The number of Topliss-reactive ketones (excluding diaryl/α,β-unsaturated/α-hetero) is 1. The maximum absolute atomic E-state index is 12.2. The molecule has 103 heavy (non-hydrogen) atoms. The first kappa shape index (κ1) is 91.8. The van der Waals surface area contributed by atoms with E-state index < -0.39 is 11.9 Å². The van der Waals surface area contributed by atoms with Crippen LogP contribution in [-0.2, 0) is 66.7 Å². The first-order valence-corrected chi connectivity index (χ1v) is 34.7. The molecule has 19 nitrogen and oxygen atoms in total. The number of ketones is 1. The lowest BCUT2D eigenvalue weighted by Crippen LogP contribution is -2.35. The van der Waals surface area contributed by atoms with E-state index in [-0.39, 0.29) is 121 Å². The van der Waals surface area contributed by atoms with Crippen molar-refractivity contribution >= 4 is 59.5 Å². The Balaban J connectivity index is 0.000000789. The maximum atomic E-state index is 12.2. The Morgan fingerprint density at radius 3 is 1.14 bits per heavy atom. The molecule has 0 aliphatic rings. The van der Waals surface area contributed by atoms with E-state index in [1.165, 1.54) is 44.5 Å². The van der Waals surface area contributed by atoms with Crippen molar-refractivity contribution in [1.29, 1.82) is 0 Å². The smallest absolute Gasteiger partial charge is 0.325 e. The number of nitrogens with two attached hydrogens (primary N) is 1. The summed E-state index contributed by atoms with van der Waals surface area (Å²) in [6, 6.07) is 30.3. The second-order valence-corrected chi connectivity index (χ2v) is 24.9. The highest BCUT2D eigenvalue weighted by molar-refractivity contribution is 5.91. The van der Waals surface area contributed by atoms with Crippen molar-refractivity contribution < 1.29 is 66.7 Å². The normalized spacial score (nSPS) is 16.0. The van der Waals surface area contributed by atoms with Gasteiger partial charge in [0.15, 0.2) is 0 Å². The van der Waals surface area contributed by atoms with Crippen LogP contribution < -0.4 is 27.0 Å². The summed E-state index contributed by atoms with van der Waals surface area (Å²) in [5.41, 5.74) is 11.0. The molecule has 0 unspecified atom stereocenters. The van der Waals surface area contributed by atoms with Crippen LogP contribution in [0.1, 0.15) is 112 Å². The third-order valence-corrected chi connectivity index (χ3v) is 16.4. The van der Waals surface area contributed by atoms with Crippen molar-refractivity contribution in [2.45, 2.75) is 132 Å². The third kappa shape index (κ3) is 42.1. The minimum absolute atomic E-state index is 0.0128. The summed E-state index contributed by atoms with van der Waals surface area (Å²) in [7, 11) is 11.5. The number of carbonyl (C=O) groups is 7. The van der Waals surface area contributed by atoms with Crippen molar-refractivity contribution in [2.24, 2.45) is 41.2 Å². The van der Waals surface area contributed by atoms with E-state index in [9.17, 15) is 33.6 Å². The lowest BCUT2D eigenvalue weighted by molar-refractivity contribution is -0.141. The average molecular weight is 1420 g/mol. The minimum Gasteiger partial charge on any atom is -0.468 e. The van der Waals surface area contributed by atoms with E-state index in [4.69, 9.17) is 34.2 Å². The monoisotopic (exact) mass is 1420 g/mol. The van der Waals surface area contributed by atoms with Crippen LogP contribution in [0.2, 0.25) is 0 Å². The van der Waals surface area contributed by atoms with E-state index in [1.807, 2.05) is 136 Å². The van der Waals surface area contributed by atoms with Gasteiger partial charge in [-0.05, 0) is 86.4 Å². The molecule has 3 aromatic rings. The van der Waals surface area contributed by atoms with Gasteiger partial charge >= 0.3 is 5.97 Å². The topological polar surface area (TPSA) is 258 Å². The Morgan fingerprint density at radius 1 is 0.427 bits per heavy atom. The molecule has 12 atom stereocenters. The number of benzene rings is 3. The molecule has 0 saturated heterocycles. The lowest BCUT2D eigenvalue weighted by Gasteiger charge is -2.30. The third-order valence-electron chi connectivity index (χ3n) is 16.4. The van der Waals surface area contributed by atoms with Gasteiger partial charge in [0.05, 0.1) is 50.3 Å². The molecule has 5 amide bonds. The number of methoxy groups -OCH3 is 7. The number of allylic oxidation sites excluding steroid dienone is 9. The molecule has 0 fully saturated rings. The molecule has 0 aromatic heterocycles. The van der Waals surface area contributed by atoms with Crippen LogP contribution in [0.25, 0.3) is 18.2 Å². The molecule has 0 aliphatic carbocycles. The van der Waals surface area contributed by atoms with Gasteiger partial charge < -0.3 is 60.2 Å². The average Bonchev–Trinajstić information content (AvgIpc) is 0.925. The van der Waals surface area contributed by atoms with Gasteiger partial charge in [-0.3, -0.25) is 33.6 Å². The number of amides is 5. The number of rotatable bonds is 43. The summed E-state index contributed by atoms with van der Waals surface area (Å²) in [5.74, 6) is -1.42. The molecule has 0 spiro atoms. The molecule has 0 saturated carbocycles. The van der Waals surface area contributed by atoms with Gasteiger partial charge in [0.2, 0.25) is 29.5 Å². The van der Waals surface area contributed by atoms with E-state index in [1.54, 1.807) is 67.1 Å². The second kappa shape index (κ2) is 55.4. The Labute approximate surface area is 614 Å². The van der Waals surface area contributed by atoms with Gasteiger partial charge in [0.1, 0.15) is 12.3 Å². The quantitative estimate of drug-likeness (QED) is 0.0153. The maximum Gasteiger partial charge on any atom is 0.325 e. The number of hydrogen-bond donors (Lipinski definition) is 5. The highest BCUT2D eigenvalue weighted by Gasteiger charge is 2.30. The standard InChI is InChI=1S/C31H44N2O6.C31H42N2O5.C22H31NO3/c1-23(21-29(35)32-20-12-8-11-15-28(34)33-22-30(36)38-5)16-17-24(2)31(39-6)25(3)27(37-4)19-18-26-13-9-7-10-14-26;1-23(21-30(36)32-20-12-8-11-15-29(35)33-22-25(3)34)16-17-24(2)31(38-6)26(4)28(37-5)19-18-27-13-9-7-10-14-27;1-16(15-21(23)24)11-12-17(2)22(26-5)18(3)20(25-4)14-13-19-9-7-6-8-10-19/h7,9-10,12-14,16-21,24-25,27,31H,8,11,15,22H2,1-6H3,(H,32,35)(H,33,34);7,9-21,24,26,28,31H,8,22H2,1-6H3,(H,32,36)(H,33,35);6-15,17-18,20,22H,1-5H3,(H2,23,24)/b17-16+,19-18+,20-12-,23-21+;15-11-,17-16+,19-18+,20-12-,23-21+;12-11+,14-13+,16-15+/t24-,25+,27-,31-;24-,26+,28-,31-;17-,18+,20-,22-/m000/s1. The van der Waals surface area contributed by atoms with Crippen molar-refractivity contribution in [3.8, 4) is 0 Å². The van der Waals surface area contributed by atoms with Crippen LogP contribution in [0, 0.1) is 35.5 Å². The first-order chi connectivity index (χ1) is 49.3. The zero-order chi connectivity index (χ0) is 76.9. The fraction of sp³-hybridized carbons (Fsp3) is 0.417. The summed E-state index contributed by atoms with van der Waals surface area (Å²) < 4.78 is 39.0. The molecule has 19 heteroatoms. The van der Waals surface area contributed by atoms with Crippen LogP contribution in [0.4, 0.5) is 0 Å². The van der Waals surface area contributed by atoms with Crippen LogP contribution in [0.15, 0.2) is 217 Å². The fourth-order valence-electron chi connectivity index (χ4n) is 10.8. The molecular formula is C84H117N5O14. The van der Waals surface area contributed by atoms with Gasteiger partial charge in [0, 0.05) is 115 Å². The number of ether oxygens (including phenoxy) is 7. The number of hydrogen-bond acceptors (Lipinski definition) is 14. The summed E-state index contributed by atoms with van der Waals surface area (Å²) >= 11 is 0. The molecule has 562 valence electrons. The van der Waals surface area contributed by atoms with Gasteiger partial charge in [-0.2, -0.15) is 0 Å². The van der Waals surface area contributed by atoms with Crippen molar-refractivity contribution in [3.63, 3.8) is 0 Å². The van der Waals surface area contributed by atoms with Crippen LogP contribution in [-0.4, -0.2) is 141 Å². The van der Waals surface area contributed by atoms with Gasteiger partial charge in [0.25, 0.3) is 0 Å². The predicted molar refractivity (Wildman–Crippen MR) is 415 cm³/mol. The fourth-order valence-corrected chi connectivity index (χ4v) is 10.8. The van der Waals surface area contributed by atoms with Gasteiger partial charge in [-0.25, -0.2) is 0 Å². The highest BCUT2D eigenvalue weighted by Crippen LogP contribution is 2.27. The molecule has 0 radical (unpaired) electrons. The summed E-state index contributed by atoms with van der Waals surface area (Å²) in [6.07, 6.45) is 39.7. The van der Waals surface area contributed by atoms with E-state index in [0.717, 1.165) is 33.4 Å². The molecule has 6 N–H and O–H groups in total. The largest absolute Gasteiger partial charge is 0.468 e. The van der Waals surface area contributed by atoms with Gasteiger partial charge in [-0.1, -0.05) is 224 Å². The summed E-state index contributed by atoms with van der Waals surface area (Å²) in [4.78, 5) is 80.2. The molecule has 3 rings (SSSR count). The van der Waals surface area contributed by atoms with E-state index in [2.05, 4.69) is 116 Å². The predicted octanol–water partition coefficient (Wildman–Crippen LogP) is 13.4. The van der Waals surface area contributed by atoms with E-state index in [0.29, 0.717) is 19.3 Å². The Kier molecular flexibility index (Phi) is 49.4. The molecule has 0 bridgehead atoms. The SMILES string of the molecule is COC(=O)CNC(=O)CCC/C=C\NC(=O)/C=C(C)/C=C/[C@H](C)[C@H](OC)[C@H](C)[C@H](/C=C/c1ccccc1)OC.CO[C@H]([C@H](C)[C@H](/C=C/c1ccccc1)OC)[C@@H](C)/C=C/C(C)=C/C(=O)N/C=C\C/C=C\C(=O)NCC(C)=O.CO[C@H]([C@H](C)[C@H](/C=C/c1ccccc1)OC)[C@@H](C)/C=C/C(C)=C/C(N)=O. The summed E-state index contributed by atoms with van der Waals surface area (Å²) in [5, 5.41) is 10.3. The number of nitrogens with one attached hydrogen (secondary N) is 4. The van der Waals surface area contributed by atoms with Gasteiger partial charge in [-0.15, -0.1) is 0 Å². The van der Waals surface area contributed by atoms with Crippen molar-refractivity contribution in [1.82, 2.24) is 21.3 Å². The minimum atomic E-state index is -0.488. The molecule has 0 heterocycles. The summed E-state index contributed by atoms with van der Waals surface area (Å²) in [6.45, 7) is 19.5. The Hall–Kier alpha value is -9.21. The number of carbonyl (C=O) groups excluding carboxylic acids is 7. The Bertz CT molecular complexity index is 3350. The second-order valence-electron chi connectivity index (χ2n) is 24.9. The highest BCUT2D eigenvalue weighted by atomic mass is 16.5. The van der Waals surface area contributed by atoms with Crippen LogP contribution in [0.5, 0.6) is 0 Å². The van der Waals surface area contributed by atoms with Crippen molar-refractivity contribution in [2.75, 3.05) is 62.9 Å². The first-order valence-electron chi connectivity index (χ1n) is 34.7. The van der Waals surface area contributed by atoms with Crippen LogP contribution >= 0.6 is 0 Å². The lowest BCUT2D eigenvalue weighted by atomic mass is 9.88.